The Morgan fingerprint density at radius 3 is 2.58 bits per heavy atom. The molecule has 140 valence electrons. The van der Waals surface area contributed by atoms with Gasteiger partial charge in [0.05, 0.1) is 19.1 Å². The Balaban J connectivity index is 2.37. The van der Waals surface area contributed by atoms with Crippen molar-refractivity contribution in [1.29, 1.82) is 0 Å². The summed E-state index contributed by atoms with van der Waals surface area (Å²) < 4.78 is 10.6. The zero-order valence-corrected chi connectivity index (χ0v) is 15.9. The Morgan fingerprint density at radius 1 is 1.31 bits per heavy atom. The molecule has 0 aliphatic rings. The Morgan fingerprint density at radius 2 is 2.00 bits per heavy atom. The first-order valence-corrected chi connectivity index (χ1v) is 9.30. The first-order chi connectivity index (χ1) is 12.3. The van der Waals surface area contributed by atoms with Crippen LogP contribution in [0.15, 0.2) is 21.3 Å². The number of carbonyl (C=O) groups excluding carboxylic acids is 1. The maximum Gasteiger partial charge on any atom is 0.340 e. The highest BCUT2D eigenvalue weighted by molar-refractivity contribution is 7.98. The standard InChI is InChI=1S/C18H21NO6S/c1-9-11-5-6-14(24-3)10(2)16(11)25-18(23)12(9)7-15(20)19-13(8-26-4)17(21)22/h5-6,13H,7-8H2,1-4H3,(H,19,20)(H,21,22). The summed E-state index contributed by atoms with van der Waals surface area (Å²) in [7, 11) is 1.53. The quantitative estimate of drug-likeness (QED) is 0.708. The number of fused-ring (bicyclic) bond motifs is 1. The fourth-order valence-corrected chi connectivity index (χ4v) is 3.30. The molecule has 8 heteroatoms. The molecule has 0 aliphatic carbocycles. The number of benzene rings is 1. The van der Waals surface area contributed by atoms with Crippen LogP contribution in [0.3, 0.4) is 0 Å². The first kappa shape index (κ1) is 19.8. The first-order valence-electron chi connectivity index (χ1n) is 7.91. The summed E-state index contributed by atoms with van der Waals surface area (Å²) in [5.74, 6) is -0.804. The number of hydrogen-bond acceptors (Lipinski definition) is 6. The molecule has 0 fully saturated rings. The number of hydrogen-bond donors (Lipinski definition) is 2. The highest BCUT2D eigenvalue weighted by Crippen LogP contribution is 2.29. The molecule has 2 aromatic rings. The minimum Gasteiger partial charge on any atom is -0.496 e. The zero-order chi connectivity index (χ0) is 19.4. The maximum atomic E-state index is 12.4. The molecule has 1 heterocycles. The van der Waals surface area contributed by atoms with Gasteiger partial charge in [-0.1, -0.05) is 0 Å². The summed E-state index contributed by atoms with van der Waals surface area (Å²) in [5, 5.41) is 12.3. The molecular formula is C18H21NO6S. The van der Waals surface area contributed by atoms with Crippen molar-refractivity contribution in [3.05, 3.63) is 39.2 Å². The molecule has 0 bridgehead atoms. The largest absolute Gasteiger partial charge is 0.496 e. The second-order valence-corrected chi connectivity index (χ2v) is 6.76. The number of carboxylic acids is 1. The second kappa shape index (κ2) is 8.27. The van der Waals surface area contributed by atoms with Crippen LogP contribution in [0.5, 0.6) is 5.75 Å². The van der Waals surface area contributed by atoms with E-state index in [0.29, 0.717) is 27.8 Å². The van der Waals surface area contributed by atoms with Crippen LogP contribution >= 0.6 is 11.8 Å². The van der Waals surface area contributed by atoms with Gasteiger partial charge in [0.1, 0.15) is 17.4 Å². The number of rotatable bonds is 7. The van der Waals surface area contributed by atoms with Crippen LogP contribution in [0.4, 0.5) is 0 Å². The van der Waals surface area contributed by atoms with Gasteiger partial charge in [-0.2, -0.15) is 11.8 Å². The van der Waals surface area contributed by atoms with E-state index in [0.717, 1.165) is 0 Å². The molecule has 1 aromatic heterocycles. The van der Waals surface area contributed by atoms with E-state index in [9.17, 15) is 14.4 Å². The van der Waals surface area contributed by atoms with Crippen molar-refractivity contribution in [3.8, 4) is 5.75 Å². The van der Waals surface area contributed by atoms with Crippen molar-refractivity contribution in [1.82, 2.24) is 5.32 Å². The van der Waals surface area contributed by atoms with Crippen molar-refractivity contribution in [3.63, 3.8) is 0 Å². The normalized spacial score (nSPS) is 12.0. The predicted molar refractivity (Wildman–Crippen MR) is 100 cm³/mol. The highest BCUT2D eigenvalue weighted by Gasteiger charge is 2.22. The maximum absolute atomic E-state index is 12.4. The van der Waals surface area contributed by atoms with Crippen LogP contribution in [0, 0.1) is 13.8 Å². The number of nitrogens with one attached hydrogen (secondary N) is 1. The van der Waals surface area contributed by atoms with E-state index in [1.54, 1.807) is 32.2 Å². The topological polar surface area (TPSA) is 106 Å². The SMILES string of the molecule is COc1ccc2c(C)c(CC(=O)NC(CSC)C(=O)O)c(=O)oc2c1C. The van der Waals surface area contributed by atoms with Gasteiger partial charge in [0.25, 0.3) is 0 Å². The summed E-state index contributed by atoms with van der Waals surface area (Å²) in [4.78, 5) is 35.8. The fraction of sp³-hybridized carbons (Fsp3) is 0.389. The smallest absolute Gasteiger partial charge is 0.340 e. The van der Waals surface area contributed by atoms with Crippen molar-refractivity contribution in [2.45, 2.75) is 26.3 Å². The molecule has 0 radical (unpaired) electrons. The molecule has 1 unspecified atom stereocenters. The molecule has 1 amide bonds. The predicted octanol–water partition coefficient (Wildman–Crippen LogP) is 1.89. The molecule has 0 saturated heterocycles. The van der Waals surface area contributed by atoms with Gasteiger partial charge in [-0.3, -0.25) is 4.79 Å². The van der Waals surface area contributed by atoms with Gasteiger partial charge in [-0.15, -0.1) is 0 Å². The van der Waals surface area contributed by atoms with Gasteiger partial charge >= 0.3 is 11.6 Å². The van der Waals surface area contributed by atoms with Crippen LogP contribution < -0.4 is 15.7 Å². The Hall–Kier alpha value is -2.48. The minimum absolute atomic E-state index is 0.216. The molecule has 7 nitrogen and oxygen atoms in total. The molecule has 0 saturated carbocycles. The zero-order valence-electron chi connectivity index (χ0n) is 15.0. The average Bonchev–Trinajstić information content (AvgIpc) is 2.59. The number of amides is 1. The number of aliphatic carboxylic acids is 1. The van der Waals surface area contributed by atoms with Gasteiger partial charge in [-0.05, 0) is 37.8 Å². The molecule has 0 spiro atoms. The van der Waals surface area contributed by atoms with Crippen LogP contribution in [-0.4, -0.2) is 42.1 Å². The number of thioether (sulfide) groups is 1. The minimum atomic E-state index is -1.11. The molecule has 1 atom stereocenters. The Labute approximate surface area is 154 Å². The third kappa shape index (κ3) is 4.01. The number of carbonyl (C=O) groups is 2. The van der Waals surface area contributed by atoms with Crippen LogP contribution in [-0.2, 0) is 16.0 Å². The molecule has 2 N–H and O–H groups in total. The number of aryl methyl sites for hydroxylation is 2. The summed E-state index contributed by atoms with van der Waals surface area (Å²) in [6.45, 7) is 3.53. The highest BCUT2D eigenvalue weighted by atomic mass is 32.2. The summed E-state index contributed by atoms with van der Waals surface area (Å²) in [5.41, 5.74) is 1.36. The summed E-state index contributed by atoms with van der Waals surface area (Å²) in [6.07, 6.45) is 1.51. The molecule has 0 aliphatic heterocycles. The van der Waals surface area contributed by atoms with Crippen molar-refractivity contribution in [2.24, 2.45) is 0 Å². The average molecular weight is 379 g/mol. The van der Waals surface area contributed by atoms with E-state index in [1.165, 1.54) is 18.9 Å². The Kier molecular flexibility index (Phi) is 6.31. The van der Waals surface area contributed by atoms with E-state index >= 15 is 0 Å². The molecule has 1 aromatic carbocycles. The van der Waals surface area contributed by atoms with E-state index in [4.69, 9.17) is 14.3 Å². The number of methoxy groups -OCH3 is 1. The van der Waals surface area contributed by atoms with Gasteiger partial charge in [0.15, 0.2) is 0 Å². The third-order valence-corrected chi connectivity index (χ3v) is 4.84. The third-order valence-electron chi connectivity index (χ3n) is 4.18. The fourth-order valence-electron chi connectivity index (χ4n) is 2.74. The van der Waals surface area contributed by atoms with E-state index in [-0.39, 0.29) is 17.7 Å². The van der Waals surface area contributed by atoms with Gasteiger partial charge in [0, 0.05) is 16.7 Å². The van der Waals surface area contributed by atoms with Crippen LogP contribution in [0.1, 0.15) is 16.7 Å². The summed E-state index contributed by atoms with van der Waals surface area (Å²) in [6, 6.07) is 2.54. The van der Waals surface area contributed by atoms with E-state index in [1.807, 2.05) is 0 Å². The van der Waals surface area contributed by atoms with Crippen LogP contribution in [0.2, 0.25) is 0 Å². The van der Waals surface area contributed by atoms with Gasteiger partial charge in [-0.25, -0.2) is 9.59 Å². The van der Waals surface area contributed by atoms with Crippen molar-refractivity contribution < 1.29 is 23.8 Å². The van der Waals surface area contributed by atoms with Gasteiger partial charge in [0.2, 0.25) is 5.91 Å². The molecular weight excluding hydrogens is 358 g/mol. The lowest BCUT2D eigenvalue weighted by Crippen LogP contribution is -2.43. The van der Waals surface area contributed by atoms with Crippen molar-refractivity contribution in [2.75, 3.05) is 19.1 Å². The lowest BCUT2D eigenvalue weighted by Gasteiger charge is -2.14. The lowest BCUT2D eigenvalue weighted by atomic mass is 10.0. The van der Waals surface area contributed by atoms with E-state index in [2.05, 4.69) is 5.32 Å². The second-order valence-electron chi connectivity index (χ2n) is 5.85. The van der Waals surface area contributed by atoms with Gasteiger partial charge < -0.3 is 19.6 Å². The summed E-state index contributed by atoms with van der Waals surface area (Å²) >= 11 is 1.31. The molecule has 26 heavy (non-hydrogen) atoms. The molecule has 2 rings (SSSR count). The van der Waals surface area contributed by atoms with Crippen molar-refractivity contribution >= 4 is 34.6 Å². The van der Waals surface area contributed by atoms with E-state index < -0.39 is 23.5 Å². The Bertz CT molecular complexity index is 905. The monoisotopic (exact) mass is 379 g/mol. The number of carboxylic acid groups (broad SMARTS) is 1. The number of ether oxygens (including phenoxy) is 1. The van der Waals surface area contributed by atoms with Crippen LogP contribution in [0.25, 0.3) is 11.0 Å². The lowest BCUT2D eigenvalue weighted by molar-refractivity contribution is -0.141.